The van der Waals surface area contributed by atoms with E-state index < -0.39 is 0 Å². The molecule has 1 fully saturated rings. The average molecular weight is 214 g/mol. The summed E-state index contributed by atoms with van der Waals surface area (Å²) in [6.45, 7) is 7.85. The zero-order valence-electron chi connectivity index (χ0n) is 9.55. The zero-order valence-corrected chi connectivity index (χ0v) is 10.4. The van der Waals surface area contributed by atoms with Crippen molar-refractivity contribution >= 4 is 17.1 Å². The first-order chi connectivity index (χ1) is 6.58. The molecule has 1 rings (SSSR count). The summed E-state index contributed by atoms with van der Waals surface area (Å²) in [5.41, 5.74) is 0. The first-order valence-corrected chi connectivity index (χ1v) is 5.92. The molecule has 0 amide bonds. The second-order valence-electron chi connectivity index (χ2n) is 4.77. The van der Waals surface area contributed by atoms with Crippen molar-refractivity contribution in [2.24, 2.45) is 5.92 Å². The Morgan fingerprint density at radius 3 is 2.79 bits per heavy atom. The SMILES string of the molecule is CC(C)CN(C)CCC1CC(=S)CN1. The Morgan fingerprint density at radius 1 is 1.57 bits per heavy atom. The maximum absolute atomic E-state index is 5.17. The number of nitrogens with zero attached hydrogens (tertiary/aromatic N) is 1. The third kappa shape index (κ3) is 4.49. The maximum Gasteiger partial charge on any atom is 0.0272 e. The molecule has 1 aliphatic rings. The summed E-state index contributed by atoms with van der Waals surface area (Å²) in [6.07, 6.45) is 2.33. The molecule has 1 unspecified atom stereocenters. The lowest BCUT2D eigenvalue weighted by atomic mass is 10.1. The predicted molar refractivity (Wildman–Crippen MR) is 66.0 cm³/mol. The van der Waals surface area contributed by atoms with E-state index in [1.54, 1.807) is 0 Å². The van der Waals surface area contributed by atoms with E-state index >= 15 is 0 Å². The van der Waals surface area contributed by atoms with Crippen molar-refractivity contribution < 1.29 is 0 Å². The van der Waals surface area contributed by atoms with Gasteiger partial charge in [-0.3, -0.25) is 0 Å². The molecule has 1 aliphatic heterocycles. The first-order valence-electron chi connectivity index (χ1n) is 5.51. The van der Waals surface area contributed by atoms with Gasteiger partial charge in [0.1, 0.15) is 0 Å². The number of nitrogens with one attached hydrogen (secondary N) is 1. The van der Waals surface area contributed by atoms with Crippen LogP contribution in [0.25, 0.3) is 0 Å². The van der Waals surface area contributed by atoms with Crippen LogP contribution in [-0.4, -0.2) is 42.5 Å². The lowest BCUT2D eigenvalue weighted by molar-refractivity contribution is 0.281. The monoisotopic (exact) mass is 214 g/mol. The van der Waals surface area contributed by atoms with E-state index in [1.807, 2.05) is 0 Å². The van der Waals surface area contributed by atoms with Crippen LogP contribution < -0.4 is 5.32 Å². The minimum Gasteiger partial charge on any atom is -0.309 e. The van der Waals surface area contributed by atoms with Gasteiger partial charge in [0.25, 0.3) is 0 Å². The Balaban J connectivity index is 2.11. The highest BCUT2D eigenvalue weighted by molar-refractivity contribution is 7.80. The standard InChI is InChI=1S/C11H22N2S/c1-9(2)8-13(3)5-4-10-6-11(14)7-12-10/h9-10,12H,4-8H2,1-3H3. The molecule has 0 aromatic carbocycles. The minimum atomic E-state index is 0.636. The van der Waals surface area contributed by atoms with Gasteiger partial charge in [0, 0.05) is 24.0 Å². The van der Waals surface area contributed by atoms with Crippen molar-refractivity contribution in [3.8, 4) is 0 Å². The molecule has 3 heteroatoms. The second-order valence-corrected chi connectivity index (χ2v) is 5.34. The minimum absolute atomic E-state index is 0.636. The zero-order chi connectivity index (χ0) is 10.6. The number of thiocarbonyl (C=S) groups is 1. The van der Waals surface area contributed by atoms with Crippen LogP contribution >= 0.6 is 12.2 Å². The fourth-order valence-electron chi connectivity index (χ4n) is 1.97. The number of hydrogen-bond donors (Lipinski definition) is 1. The van der Waals surface area contributed by atoms with Crippen LogP contribution in [0.15, 0.2) is 0 Å². The van der Waals surface area contributed by atoms with Gasteiger partial charge in [-0.05, 0) is 32.4 Å². The largest absolute Gasteiger partial charge is 0.309 e. The van der Waals surface area contributed by atoms with Crippen LogP contribution in [0.4, 0.5) is 0 Å². The van der Waals surface area contributed by atoms with Crippen molar-refractivity contribution in [3.05, 3.63) is 0 Å². The van der Waals surface area contributed by atoms with Crippen LogP contribution in [0, 0.1) is 5.92 Å². The molecule has 2 nitrogen and oxygen atoms in total. The van der Waals surface area contributed by atoms with E-state index in [0.29, 0.717) is 6.04 Å². The Morgan fingerprint density at radius 2 is 2.29 bits per heavy atom. The quantitative estimate of drug-likeness (QED) is 0.701. The molecular weight excluding hydrogens is 192 g/mol. The summed E-state index contributed by atoms with van der Waals surface area (Å²) in [5, 5.41) is 3.45. The summed E-state index contributed by atoms with van der Waals surface area (Å²) in [7, 11) is 2.20. The smallest absolute Gasteiger partial charge is 0.0272 e. The third-order valence-corrected chi connectivity index (χ3v) is 2.91. The summed E-state index contributed by atoms with van der Waals surface area (Å²) in [6, 6.07) is 0.636. The number of rotatable bonds is 5. The van der Waals surface area contributed by atoms with Crippen molar-refractivity contribution in [2.75, 3.05) is 26.7 Å². The van der Waals surface area contributed by atoms with Crippen molar-refractivity contribution in [2.45, 2.75) is 32.7 Å². The van der Waals surface area contributed by atoms with Gasteiger partial charge >= 0.3 is 0 Å². The molecule has 1 saturated heterocycles. The lowest BCUT2D eigenvalue weighted by Crippen LogP contribution is -2.30. The molecule has 0 saturated carbocycles. The molecule has 1 N–H and O–H groups in total. The van der Waals surface area contributed by atoms with Gasteiger partial charge in [-0.2, -0.15) is 0 Å². The first kappa shape index (κ1) is 12.1. The Labute approximate surface area is 93.1 Å². The Hall–Kier alpha value is 0.01000. The molecular formula is C11H22N2S. The summed E-state index contributed by atoms with van der Waals surface area (Å²) in [4.78, 5) is 3.61. The summed E-state index contributed by atoms with van der Waals surface area (Å²) in [5.74, 6) is 0.762. The second kappa shape index (κ2) is 5.79. The molecule has 0 aliphatic carbocycles. The van der Waals surface area contributed by atoms with Gasteiger partial charge in [-0.1, -0.05) is 26.1 Å². The van der Waals surface area contributed by atoms with Crippen LogP contribution in [-0.2, 0) is 0 Å². The summed E-state index contributed by atoms with van der Waals surface area (Å²) >= 11 is 5.17. The van der Waals surface area contributed by atoms with Crippen molar-refractivity contribution in [1.29, 1.82) is 0 Å². The van der Waals surface area contributed by atoms with Gasteiger partial charge in [0.05, 0.1) is 0 Å². The topological polar surface area (TPSA) is 15.3 Å². The van der Waals surface area contributed by atoms with E-state index in [2.05, 4.69) is 31.1 Å². The van der Waals surface area contributed by atoms with E-state index in [9.17, 15) is 0 Å². The molecule has 0 spiro atoms. The van der Waals surface area contributed by atoms with Gasteiger partial charge in [0.2, 0.25) is 0 Å². The molecule has 0 radical (unpaired) electrons. The fraction of sp³-hybridized carbons (Fsp3) is 0.909. The van der Waals surface area contributed by atoms with Crippen LogP contribution in [0.2, 0.25) is 0 Å². The highest BCUT2D eigenvalue weighted by Crippen LogP contribution is 2.08. The van der Waals surface area contributed by atoms with Gasteiger partial charge in [0.15, 0.2) is 0 Å². The van der Waals surface area contributed by atoms with Crippen LogP contribution in [0.3, 0.4) is 0 Å². The Bertz CT molecular complexity index is 192. The fourth-order valence-corrected chi connectivity index (χ4v) is 2.26. The molecule has 1 heterocycles. The molecule has 0 bridgehead atoms. The van der Waals surface area contributed by atoms with E-state index in [0.717, 1.165) is 18.9 Å². The third-order valence-electron chi connectivity index (χ3n) is 2.60. The van der Waals surface area contributed by atoms with Gasteiger partial charge < -0.3 is 10.2 Å². The molecule has 1 atom stereocenters. The van der Waals surface area contributed by atoms with Gasteiger partial charge in [-0.25, -0.2) is 0 Å². The highest BCUT2D eigenvalue weighted by atomic mass is 32.1. The lowest BCUT2D eigenvalue weighted by Gasteiger charge is -2.20. The highest BCUT2D eigenvalue weighted by Gasteiger charge is 2.18. The summed E-state index contributed by atoms with van der Waals surface area (Å²) < 4.78 is 0. The normalized spacial score (nSPS) is 22.6. The Kier molecular flexibility index (Phi) is 4.99. The number of hydrogen-bond acceptors (Lipinski definition) is 3. The van der Waals surface area contributed by atoms with E-state index in [4.69, 9.17) is 12.2 Å². The molecule has 0 aromatic rings. The van der Waals surface area contributed by atoms with Crippen molar-refractivity contribution in [3.63, 3.8) is 0 Å². The maximum atomic E-state index is 5.17. The molecule has 14 heavy (non-hydrogen) atoms. The molecule has 0 aromatic heterocycles. The van der Waals surface area contributed by atoms with Crippen LogP contribution in [0.1, 0.15) is 26.7 Å². The predicted octanol–water partition coefficient (Wildman–Crippen LogP) is 1.70. The van der Waals surface area contributed by atoms with Crippen LogP contribution in [0.5, 0.6) is 0 Å². The van der Waals surface area contributed by atoms with E-state index in [-0.39, 0.29) is 0 Å². The average Bonchev–Trinajstić information content (AvgIpc) is 2.47. The van der Waals surface area contributed by atoms with Gasteiger partial charge in [-0.15, -0.1) is 0 Å². The van der Waals surface area contributed by atoms with Crippen molar-refractivity contribution in [1.82, 2.24) is 10.2 Å². The molecule has 82 valence electrons. The van der Waals surface area contributed by atoms with E-state index in [1.165, 1.54) is 24.4 Å².